The van der Waals surface area contributed by atoms with E-state index in [0.717, 1.165) is 69.6 Å². The fourth-order valence-electron chi connectivity index (χ4n) is 6.94. The molecule has 0 spiro atoms. The van der Waals surface area contributed by atoms with Gasteiger partial charge in [-0.2, -0.15) is 73.9 Å². The van der Waals surface area contributed by atoms with Crippen molar-refractivity contribution in [1.29, 1.82) is 0 Å². The maximum Gasteiger partial charge on any atom is 4.00 e. The minimum Gasteiger partial charge on any atom is -0.507 e. The largest absolute Gasteiger partial charge is 4.00 e. The third kappa shape index (κ3) is 16.0. The van der Waals surface area contributed by atoms with E-state index in [0.29, 0.717) is 24.2 Å². The van der Waals surface area contributed by atoms with Gasteiger partial charge in [0.25, 0.3) is 0 Å². The second-order valence-corrected chi connectivity index (χ2v) is 15.9. The van der Waals surface area contributed by atoms with Gasteiger partial charge in [0.15, 0.2) is 0 Å². The van der Waals surface area contributed by atoms with E-state index >= 15 is 0 Å². The molecule has 0 atom stereocenters. The van der Waals surface area contributed by atoms with Gasteiger partial charge >= 0.3 is 26.2 Å². The Morgan fingerprint density at radius 1 is 0.565 bits per heavy atom. The van der Waals surface area contributed by atoms with Crippen LogP contribution in [0.1, 0.15) is 91.8 Å². The third-order valence-corrected chi connectivity index (χ3v) is 10.2. The molecule has 0 unspecified atom stereocenters. The quantitative estimate of drug-likeness (QED) is 0.104. The van der Waals surface area contributed by atoms with Gasteiger partial charge in [-0.05, 0) is 83.7 Å². The Hall–Kier alpha value is -5.57. The minimum atomic E-state index is 0. The molecule has 0 aliphatic heterocycles. The van der Waals surface area contributed by atoms with Gasteiger partial charge in [-0.25, -0.2) is 0 Å². The van der Waals surface area contributed by atoms with Crippen molar-refractivity contribution in [1.82, 2.24) is 0 Å². The number of hydrogen-bond acceptors (Lipinski definition) is 3. The molecule has 0 aliphatic carbocycles. The zero-order valence-electron chi connectivity index (χ0n) is 38.1. The first kappa shape index (κ1) is 50.8. The predicted molar refractivity (Wildman–Crippen MR) is 264 cm³/mol. The van der Waals surface area contributed by atoms with Crippen LogP contribution in [0.2, 0.25) is 0 Å². The van der Waals surface area contributed by atoms with Gasteiger partial charge in [-0.3, -0.25) is 0 Å². The number of nitrogens with zero attached hydrogens (tertiary/aromatic N) is 1. The van der Waals surface area contributed by atoms with E-state index in [1.807, 2.05) is 121 Å². The molecule has 7 aromatic carbocycles. The molecule has 1 N–H and O–H groups in total. The molecule has 0 bridgehead atoms. The van der Waals surface area contributed by atoms with E-state index in [1.54, 1.807) is 0 Å². The molecule has 7 aromatic rings. The van der Waals surface area contributed by atoms with Crippen LogP contribution in [0.25, 0.3) is 22.3 Å². The summed E-state index contributed by atoms with van der Waals surface area (Å²) in [4.78, 5) is 2.40. The summed E-state index contributed by atoms with van der Waals surface area (Å²) in [7, 11) is 2.20. The first-order valence-corrected chi connectivity index (χ1v) is 21.5. The average Bonchev–Trinajstić information content (AvgIpc) is 3.27. The molecule has 0 amide bonds. The van der Waals surface area contributed by atoms with Gasteiger partial charge in [0.05, 0.1) is 6.61 Å². The van der Waals surface area contributed by atoms with Crippen molar-refractivity contribution < 1.29 is 36.0 Å². The first-order valence-electron chi connectivity index (χ1n) is 21.5. The summed E-state index contributed by atoms with van der Waals surface area (Å²) >= 11 is 0. The van der Waals surface area contributed by atoms with Gasteiger partial charge in [0.2, 0.25) is 0 Å². The second kappa shape index (κ2) is 26.7. The van der Waals surface area contributed by atoms with Crippen LogP contribution in [0.4, 0.5) is 5.69 Å². The molecule has 7 rings (SSSR count). The minimum absolute atomic E-state index is 0. The smallest absolute Gasteiger partial charge is 0.507 e. The Labute approximate surface area is 394 Å². The fraction of sp³-hybridized carbons (Fsp3) is 0.224. The number of para-hydroxylation sites is 1. The van der Waals surface area contributed by atoms with Crippen LogP contribution in [0, 0.1) is 27.7 Å². The second-order valence-electron chi connectivity index (χ2n) is 15.9. The molecular formula is C58H66NO2Zr+. The maximum atomic E-state index is 11.5. The van der Waals surface area contributed by atoms with Crippen LogP contribution >= 0.6 is 0 Å². The Morgan fingerprint density at radius 2 is 1.02 bits per heavy atom. The van der Waals surface area contributed by atoms with E-state index in [2.05, 4.69) is 123 Å². The Morgan fingerprint density at radius 3 is 1.44 bits per heavy atom. The van der Waals surface area contributed by atoms with Gasteiger partial charge in [0.1, 0.15) is 11.5 Å². The molecule has 0 heterocycles. The third-order valence-electron chi connectivity index (χ3n) is 10.2. The van der Waals surface area contributed by atoms with Gasteiger partial charge in [-0.15, -0.1) is 36.4 Å². The predicted octanol–water partition coefficient (Wildman–Crippen LogP) is 15.4. The number of hydrogen-bond donors (Lipinski definition) is 1. The molecule has 0 radical (unpaired) electrons. The van der Waals surface area contributed by atoms with Crippen LogP contribution in [-0.4, -0.2) is 25.3 Å². The summed E-state index contributed by atoms with van der Waals surface area (Å²) in [5, 5.41) is 11.5. The summed E-state index contributed by atoms with van der Waals surface area (Å²) < 4.78 is 6.44. The molecule has 318 valence electrons. The van der Waals surface area contributed by atoms with Crippen LogP contribution < -0.4 is 9.64 Å². The molecular weight excluding hydrogens is 834 g/mol. The number of phenolic OH excluding ortho intramolecular Hbond substituents is 1. The van der Waals surface area contributed by atoms with Crippen molar-refractivity contribution in [2.24, 2.45) is 0 Å². The van der Waals surface area contributed by atoms with E-state index < -0.39 is 0 Å². The van der Waals surface area contributed by atoms with Crippen molar-refractivity contribution in [3.8, 4) is 33.8 Å². The number of benzene rings is 7. The molecule has 0 fully saturated rings. The number of aryl methyl sites for hydroxylation is 2. The first-order chi connectivity index (χ1) is 29.4. The molecule has 3 nitrogen and oxygen atoms in total. The van der Waals surface area contributed by atoms with Crippen molar-refractivity contribution >= 4 is 5.69 Å². The van der Waals surface area contributed by atoms with Crippen molar-refractivity contribution in [2.45, 2.75) is 66.2 Å². The Kier molecular flexibility index (Phi) is 21.9. The standard InChI is InChI=1S/C37H45NO2.3C7H7.Zr/c1-8-28-18-19-35(33(24-28)34-23-27(6)22-32(37(34)39)29-14-10-9-11-15-29)40-21-13-20-38(7)36-30(25(2)3)16-12-17-31(36)26(4)5;3*1-7-5-3-2-4-6-7;/h9-12,14-19,22-26,39H,8,13,20-21H2,1-7H3;3*2-6H,1H2;/q;3*-1;+4. The molecule has 4 heteroatoms. The van der Waals surface area contributed by atoms with Crippen LogP contribution in [0.5, 0.6) is 11.5 Å². The monoisotopic (exact) mass is 898 g/mol. The topological polar surface area (TPSA) is 32.7 Å². The van der Waals surface area contributed by atoms with Crippen molar-refractivity contribution in [3.05, 3.63) is 230 Å². The normalized spacial score (nSPS) is 10.2. The van der Waals surface area contributed by atoms with E-state index in [1.165, 1.54) is 22.4 Å². The molecule has 0 saturated carbocycles. The molecule has 0 saturated heterocycles. The number of anilines is 1. The Bertz CT molecular complexity index is 2190. The van der Waals surface area contributed by atoms with Crippen LogP contribution in [0.3, 0.4) is 0 Å². The van der Waals surface area contributed by atoms with E-state index in [4.69, 9.17) is 4.74 Å². The summed E-state index contributed by atoms with van der Waals surface area (Å²) in [6.45, 7) is 26.0. The summed E-state index contributed by atoms with van der Waals surface area (Å²) in [5.74, 6) is 2.04. The van der Waals surface area contributed by atoms with Gasteiger partial charge in [-0.1, -0.05) is 107 Å². The zero-order chi connectivity index (χ0) is 44.1. The summed E-state index contributed by atoms with van der Waals surface area (Å²) in [6, 6.07) is 56.9. The number of ether oxygens (including phenoxy) is 1. The summed E-state index contributed by atoms with van der Waals surface area (Å²) in [6.07, 6.45) is 1.81. The van der Waals surface area contributed by atoms with E-state index in [9.17, 15) is 5.11 Å². The van der Waals surface area contributed by atoms with Crippen molar-refractivity contribution in [2.75, 3.05) is 25.1 Å². The molecule has 0 aromatic heterocycles. The SMILES string of the molecule is CCc1ccc(OCCCN(C)c2c(C(C)C)cccc2C(C)C)c(-c2cc(C)cc(-c3ccccc3)c2O)c1.[CH2-]c1ccccc1.[CH2-]c1ccccc1.[CH2-]c1ccccc1.[Zr+4]. The summed E-state index contributed by atoms with van der Waals surface area (Å²) in [5.41, 5.74) is 13.3. The average molecular weight is 900 g/mol. The number of phenols is 1. The fourth-order valence-corrected chi connectivity index (χ4v) is 6.94. The zero-order valence-corrected chi connectivity index (χ0v) is 40.5. The van der Waals surface area contributed by atoms with Crippen LogP contribution in [0.15, 0.2) is 170 Å². The Balaban J connectivity index is 0.000000374. The maximum absolute atomic E-state index is 11.5. The number of aromatic hydroxyl groups is 1. The van der Waals surface area contributed by atoms with Gasteiger partial charge < -0.3 is 14.7 Å². The van der Waals surface area contributed by atoms with E-state index in [-0.39, 0.29) is 26.2 Å². The molecule has 0 aliphatic rings. The van der Waals surface area contributed by atoms with Crippen LogP contribution in [-0.2, 0) is 32.6 Å². The number of rotatable bonds is 11. The molecule has 62 heavy (non-hydrogen) atoms. The van der Waals surface area contributed by atoms with Gasteiger partial charge in [0, 0.05) is 36.0 Å². The van der Waals surface area contributed by atoms with Crippen molar-refractivity contribution in [3.63, 3.8) is 0 Å².